The van der Waals surface area contributed by atoms with Crippen LogP contribution in [-0.4, -0.2) is 18.7 Å². The van der Waals surface area contributed by atoms with Crippen LogP contribution in [0.5, 0.6) is 5.75 Å². The summed E-state index contributed by atoms with van der Waals surface area (Å²) in [7, 11) is 0. The molecule has 0 aliphatic carbocycles. The maximum Gasteiger partial charge on any atom is 0.272 e. The Morgan fingerprint density at radius 1 is 1.11 bits per heavy atom. The van der Waals surface area contributed by atoms with Crippen LogP contribution in [0, 0.1) is 0 Å². The Balaban J connectivity index is 1.85. The van der Waals surface area contributed by atoms with Crippen molar-refractivity contribution in [3.8, 4) is 5.75 Å². The van der Waals surface area contributed by atoms with Crippen LogP contribution in [0.4, 0.5) is 0 Å². The number of halogens is 1. The number of amides is 1. The summed E-state index contributed by atoms with van der Waals surface area (Å²) < 4.78 is 5.92. The lowest BCUT2D eigenvalue weighted by atomic mass is 10.0. The van der Waals surface area contributed by atoms with Crippen molar-refractivity contribution in [3.63, 3.8) is 0 Å². The number of carbonyl (C=O) groups excluding carboxylic acids is 1. The molecule has 3 aromatic carbocycles. The van der Waals surface area contributed by atoms with Gasteiger partial charge >= 0.3 is 0 Å². The molecule has 0 saturated carbocycles. The number of hydrazone groups is 1. The van der Waals surface area contributed by atoms with E-state index in [4.69, 9.17) is 16.3 Å². The zero-order valence-electron chi connectivity index (χ0n) is 15.1. The number of ether oxygens (including phenoxy) is 1. The molecule has 138 valence electrons. The van der Waals surface area contributed by atoms with Crippen molar-refractivity contribution in [2.75, 3.05) is 6.61 Å². The van der Waals surface area contributed by atoms with Crippen molar-refractivity contribution in [3.05, 3.63) is 76.8 Å². The molecule has 3 aromatic rings. The number of hydrogen-bond donors (Lipinski definition) is 1. The molecular weight excluding hydrogens is 360 g/mol. The Hall–Kier alpha value is -2.85. The van der Waals surface area contributed by atoms with Gasteiger partial charge in [0.15, 0.2) is 0 Å². The van der Waals surface area contributed by atoms with Crippen LogP contribution in [0.2, 0.25) is 5.02 Å². The third-order valence-electron chi connectivity index (χ3n) is 4.16. The van der Waals surface area contributed by atoms with E-state index in [0.29, 0.717) is 17.2 Å². The molecule has 0 fully saturated rings. The van der Waals surface area contributed by atoms with Gasteiger partial charge in [-0.2, -0.15) is 5.10 Å². The highest BCUT2D eigenvalue weighted by Gasteiger charge is 2.10. The van der Waals surface area contributed by atoms with Gasteiger partial charge in [-0.05, 0) is 35.4 Å². The number of carbonyl (C=O) groups is 1. The van der Waals surface area contributed by atoms with E-state index in [1.54, 1.807) is 30.5 Å². The van der Waals surface area contributed by atoms with E-state index in [-0.39, 0.29) is 5.91 Å². The lowest BCUT2D eigenvalue weighted by Crippen LogP contribution is -2.18. The molecule has 0 radical (unpaired) electrons. The number of unbranched alkanes of at least 4 members (excludes halogenated alkanes) is 1. The Morgan fingerprint density at radius 3 is 2.70 bits per heavy atom. The molecule has 0 aromatic heterocycles. The molecule has 0 unspecified atom stereocenters. The zero-order valence-corrected chi connectivity index (χ0v) is 15.9. The summed E-state index contributed by atoms with van der Waals surface area (Å²) in [6, 6.07) is 18.8. The van der Waals surface area contributed by atoms with Crippen molar-refractivity contribution in [2.24, 2.45) is 5.10 Å². The van der Waals surface area contributed by atoms with Gasteiger partial charge in [0, 0.05) is 5.56 Å². The van der Waals surface area contributed by atoms with E-state index in [0.717, 1.165) is 34.9 Å². The fraction of sp³-hybridized carbons (Fsp3) is 0.182. The lowest BCUT2D eigenvalue weighted by Gasteiger charge is -2.11. The smallest absolute Gasteiger partial charge is 0.272 e. The van der Waals surface area contributed by atoms with Gasteiger partial charge in [0.05, 0.1) is 23.4 Å². The maximum absolute atomic E-state index is 12.3. The van der Waals surface area contributed by atoms with Gasteiger partial charge in [0.25, 0.3) is 5.91 Å². The van der Waals surface area contributed by atoms with Crippen molar-refractivity contribution >= 4 is 34.5 Å². The standard InChI is InChI=1S/C22H21ClN2O2/c1-2-3-14-27-21-13-12-16-8-4-5-9-17(16)19(21)15-24-25-22(26)18-10-6-7-11-20(18)23/h4-13,15H,2-3,14H2,1H3,(H,25,26)/b24-15-. The average molecular weight is 381 g/mol. The van der Waals surface area contributed by atoms with Gasteiger partial charge < -0.3 is 4.74 Å². The summed E-state index contributed by atoms with van der Waals surface area (Å²) in [4.78, 5) is 12.3. The first-order valence-electron chi connectivity index (χ1n) is 8.93. The van der Waals surface area contributed by atoms with Crippen LogP contribution < -0.4 is 10.2 Å². The Bertz CT molecular complexity index is 969. The third-order valence-corrected chi connectivity index (χ3v) is 4.49. The summed E-state index contributed by atoms with van der Waals surface area (Å²) in [5, 5.41) is 6.62. The lowest BCUT2D eigenvalue weighted by molar-refractivity contribution is 0.0955. The van der Waals surface area contributed by atoms with Crippen LogP contribution in [-0.2, 0) is 0 Å². The molecule has 0 aliphatic heterocycles. The molecule has 3 rings (SSSR count). The van der Waals surface area contributed by atoms with Crippen molar-refractivity contribution in [2.45, 2.75) is 19.8 Å². The van der Waals surface area contributed by atoms with E-state index in [1.165, 1.54) is 0 Å². The van der Waals surface area contributed by atoms with Crippen molar-refractivity contribution in [1.82, 2.24) is 5.43 Å². The highest BCUT2D eigenvalue weighted by atomic mass is 35.5. The van der Waals surface area contributed by atoms with Crippen LogP contribution in [0.25, 0.3) is 10.8 Å². The molecule has 0 heterocycles. The summed E-state index contributed by atoms with van der Waals surface area (Å²) in [5.74, 6) is 0.392. The largest absolute Gasteiger partial charge is 0.493 e. The Kier molecular flexibility index (Phi) is 6.44. The fourth-order valence-electron chi connectivity index (χ4n) is 2.72. The normalized spacial score (nSPS) is 11.0. The number of rotatable bonds is 7. The fourth-order valence-corrected chi connectivity index (χ4v) is 2.94. The second-order valence-electron chi connectivity index (χ2n) is 6.08. The molecule has 27 heavy (non-hydrogen) atoms. The molecule has 5 heteroatoms. The van der Waals surface area contributed by atoms with E-state index in [1.807, 2.05) is 36.4 Å². The van der Waals surface area contributed by atoms with Crippen LogP contribution in [0.1, 0.15) is 35.7 Å². The van der Waals surface area contributed by atoms with Crippen molar-refractivity contribution < 1.29 is 9.53 Å². The molecule has 0 atom stereocenters. The highest BCUT2D eigenvalue weighted by molar-refractivity contribution is 6.33. The number of benzene rings is 3. The molecule has 0 aliphatic rings. The van der Waals surface area contributed by atoms with Gasteiger partial charge in [-0.1, -0.05) is 67.4 Å². The molecule has 0 bridgehead atoms. The van der Waals surface area contributed by atoms with Crippen molar-refractivity contribution in [1.29, 1.82) is 0 Å². The molecule has 0 spiro atoms. The van der Waals surface area contributed by atoms with Gasteiger partial charge in [-0.15, -0.1) is 0 Å². The van der Waals surface area contributed by atoms with Crippen LogP contribution in [0.15, 0.2) is 65.8 Å². The Labute approximate surface area is 163 Å². The monoisotopic (exact) mass is 380 g/mol. The highest BCUT2D eigenvalue weighted by Crippen LogP contribution is 2.27. The first-order valence-corrected chi connectivity index (χ1v) is 9.31. The molecule has 0 saturated heterocycles. The predicted octanol–water partition coefficient (Wildman–Crippen LogP) is 5.44. The second kappa shape index (κ2) is 9.19. The summed E-state index contributed by atoms with van der Waals surface area (Å²) >= 11 is 6.06. The number of hydrogen-bond acceptors (Lipinski definition) is 3. The first-order chi connectivity index (χ1) is 13.2. The zero-order chi connectivity index (χ0) is 19.1. The van der Waals surface area contributed by atoms with E-state index < -0.39 is 0 Å². The van der Waals surface area contributed by atoms with E-state index >= 15 is 0 Å². The average Bonchev–Trinajstić information content (AvgIpc) is 2.69. The van der Waals surface area contributed by atoms with Gasteiger partial charge in [0.2, 0.25) is 0 Å². The Morgan fingerprint density at radius 2 is 1.89 bits per heavy atom. The van der Waals surface area contributed by atoms with E-state index in [9.17, 15) is 4.79 Å². The van der Waals surface area contributed by atoms with E-state index in [2.05, 4.69) is 17.5 Å². The molecule has 1 amide bonds. The SMILES string of the molecule is CCCCOc1ccc2ccccc2c1/C=N\NC(=O)c1ccccc1Cl. The molecule has 1 N–H and O–H groups in total. The summed E-state index contributed by atoms with van der Waals surface area (Å²) in [6.45, 7) is 2.76. The number of nitrogens with one attached hydrogen (secondary N) is 1. The minimum atomic E-state index is -0.356. The third kappa shape index (κ3) is 4.66. The number of fused-ring (bicyclic) bond motifs is 1. The quantitative estimate of drug-likeness (QED) is 0.337. The first kappa shape index (κ1) is 18.9. The van der Waals surface area contributed by atoms with Gasteiger partial charge in [0.1, 0.15) is 5.75 Å². The summed E-state index contributed by atoms with van der Waals surface area (Å²) in [6.07, 6.45) is 3.66. The second-order valence-corrected chi connectivity index (χ2v) is 6.49. The molecule has 4 nitrogen and oxygen atoms in total. The summed E-state index contributed by atoms with van der Waals surface area (Å²) in [5.41, 5.74) is 3.76. The van der Waals surface area contributed by atoms with Crippen LogP contribution in [0.3, 0.4) is 0 Å². The minimum absolute atomic E-state index is 0.356. The number of nitrogens with zero attached hydrogens (tertiary/aromatic N) is 1. The van der Waals surface area contributed by atoms with Crippen LogP contribution >= 0.6 is 11.6 Å². The minimum Gasteiger partial charge on any atom is -0.493 e. The van der Waals surface area contributed by atoms with Gasteiger partial charge in [-0.25, -0.2) is 5.43 Å². The van der Waals surface area contributed by atoms with Gasteiger partial charge in [-0.3, -0.25) is 4.79 Å². The molecular formula is C22H21ClN2O2. The maximum atomic E-state index is 12.3. The predicted molar refractivity (Wildman–Crippen MR) is 111 cm³/mol. The topological polar surface area (TPSA) is 50.7 Å².